The molecule has 0 spiro atoms. The number of amides is 1. The minimum atomic E-state index is -0.0700. The molecule has 0 unspecified atom stereocenters. The van der Waals surface area contributed by atoms with Gasteiger partial charge in [-0.1, -0.05) is 47.4 Å². The van der Waals surface area contributed by atoms with E-state index in [1.54, 1.807) is 36.7 Å². The number of carbonyl (C=O) groups is 2. The smallest absolute Gasteiger partial charge is 0.234 e. The minimum Gasteiger partial charge on any atom is -0.332 e. The molecule has 5 rings (SSSR count). The Morgan fingerprint density at radius 2 is 1.82 bits per heavy atom. The first-order valence-corrected chi connectivity index (χ1v) is 11.2. The summed E-state index contributed by atoms with van der Waals surface area (Å²) in [5, 5.41) is 4.11. The first-order chi connectivity index (χ1) is 16.1. The Morgan fingerprint density at radius 1 is 1.06 bits per heavy atom. The highest BCUT2D eigenvalue weighted by molar-refractivity contribution is 6.09. The average molecular weight is 441 g/mol. The molecule has 1 fully saturated rings. The van der Waals surface area contributed by atoms with E-state index in [2.05, 4.69) is 32.1 Å². The van der Waals surface area contributed by atoms with E-state index in [0.717, 1.165) is 48.3 Å². The van der Waals surface area contributed by atoms with Gasteiger partial charge in [0, 0.05) is 28.9 Å². The van der Waals surface area contributed by atoms with Gasteiger partial charge < -0.3 is 10.3 Å². The molecular weight excluding hydrogens is 414 g/mol. The van der Waals surface area contributed by atoms with Crippen LogP contribution in [0, 0.1) is 12.8 Å². The number of aromatic amines is 2. The van der Waals surface area contributed by atoms with Crippen LogP contribution in [0.25, 0.3) is 11.0 Å². The Labute approximate surface area is 191 Å². The van der Waals surface area contributed by atoms with Crippen molar-refractivity contribution in [2.24, 2.45) is 5.92 Å². The molecule has 4 aromatic rings. The lowest BCUT2D eigenvalue weighted by Gasteiger charge is -2.28. The molecule has 0 bridgehead atoms. The molecule has 1 saturated heterocycles. The molecule has 2 aromatic heterocycles. The van der Waals surface area contributed by atoms with E-state index < -0.39 is 0 Å². The van der Waals surface area contributed by atoms with E-state index in [9.17, 15) is 9.59 Å². The minimum absolute atomic E-state index is 0.000593. The second kappa shape index (κ2) is 8.86. The molecule has 1 amide bonds. The second-order valence-corrected chi connectivity index (χ2v) is 8.47. The number of piperidine rings is 1. The number of aromatic nitrogens is 3. The van der Waals surface area contributed by atoms with Crippen molar-refractivity contribution in [3.05, 3.63) is 83.8 Å². The van der Waals surface area contributed by atoms with E-state index in [0.29, 0.717) is 16.8 Å². The molecule has 166 valence electrons. The topological polar surface area (TPSA) is 92.2 Å². The highest BCUT2D eigenvalue weighted by atomic mass is 16.2. The molecule has 3 N–H and O–H groups in total. The van der Waals surface area contributed by atoms with Crippen LogP contribution in [0.3, 0.4) is 0 Å². The van der Waals surface area contributed by atoms with Crippen LogP contribution in [-0.4, -0.2) is 34.7 Å². The quantitative estimate of drug-likeness (QED) is 0.462. The Kier molecular flexibility index (Phi) is 5.60. The number of benzene rings is 2. The SMILES string of the molecule is Cc1c[nH]c2nc[nH+]c(N3CCC(C(=O)Nc4cccc(C(=O)c5ccccc5)c4)CC3)c12. The molecule has 7 nitrogen and oxygen atoms in total. The molecule has 0 aliphatic carbocycles. The number of hydrogen-bond acceptors (Lipinski definition) is 4. The molecule has 7 heteroatoms. The molecular formula is C26H26N5O2+. The van der Waals surface area contributed by atoms with E-state index in [1.807, 2.05) is 30.5 Å². The van der Waals surface area contributed by atoms with E-state index in [-0.39, 0.29) is 17.6 Å². The standard InChI is InChI=1S/C26H25N5O2/c1-17-15-27-24-22(17)25(29-16-28-24)31-12-10-19(11-13-31)26(33)30-21-9-5-8-20(14-21)23(32)18-6-3-2-4-7-18/h2-9,14-16,19H,10-13H2,1H3,(H,30,33)(H,27,28,29)/p+1. The van der Waals surface area contributed by atoms with Crippen LogP contribution in [-0.2, 0) is 4.79 Å². The van der Waals surface area contributed by atoms with Crippen molar-refractivity contribution < 1.29 is 14.6 Å². The third-order valence-corrected chi connectivity index (χ3v) is 6.30. The monoisotopic (exact) mass is 440 g/mol. The van der Waals surface area contributed by atoms with Crippen LogP contribution in [0.1, 0.15) is 34.3 Å². The van der Waals surface area contributed by atoms with Gasteiger partial charge >= 0.3 is 0 Å². The number of aryl methyl sites for hydroxylation is 1. The summed E-state index contributed by atoms with van der Waals surface area (Å²) in [7, 11) is 0. The molecule has 0 radical (unpaired) electrons. The van der Waals surface area contributed by atoms with Gasteiger partial charge in [0.25, 0.3) is 0 Å². The highest BCUT2D eigenvalue weighted by Crippen LogP contribution is 2.28. The summed E-state index contributed by atoms with van der Waals surface area (Å²) in [4.78, 5) is 38.8. The van der Waals surface area contributed by atoms with Crippen molar-refractivity contribution in [3.8, 4) is 0 Å². The maximum Gasteiger partial charge on any atom is 0.234 e. The zero-order valence-electron chi connectivity index (χ0n) is 18.5. The van der Waals surface area contributed by atoms with Crippen molar-refractivity contribution in [1.29, 1.82) is 0 Å². The van der Waals surface area contributed by atoms with Crippen LogP contribution in [0.5, 0.6) is 0 Å². The van der Waals surface area contributed by atoms with Crippen molar-refractivity contribution in [2.45, 2.75) is 19.8 Å². The molecule has 2 aromatic carbocycles. The Morgan fingerprint density at radius 3 is 2.61 bits per heavy atom. The van der Waals surface area contributed by atoms with E-state index >= 15 is 0 Å². The number of H-pyrrole nitrogens is 2. The zero-order chi connectivity index (χ0) is 22.8. The van der Waals surface area contributed by atoms with Crippen LogP contribution in [0.15, 0.2) is 67.1 Å². The Balaban J connectivity index is 1.24. The first kappa shape index (κ1) is 20.9. The number of anilines is 2. The predicted molar refractivity (Wildman–Crippen MR) is 127 cm³/mol. The van der Waals surface area contributed by atoms with Crippen LogP contribution < -0.4 is 15.2 Å². The van der Waals surface area contributed by atoms with Crippen molar-refractivity contribution in [2.75, 3.05) is 23.3 Å². The summed E-state index contributed by atoms with van der Waals surface area (Å²) in [6.45, 7) is 3.63. The number of nitrogens with one attached hydrogen (secondary N) is 3. The van der Waals surface area contributed by atoms with Gasteiger partial charge in [-0.15, -0.1) is 0 Å². The number of carbonyl (C=O) groups excluding carboxylic acids is 2. The van der Waals surface area contributed by atoms with Gasteiger partial charge in [0.2, 0.25) is 23.7 Å². The van der Waals surface area contributed by atoms with Crippen molar-refractivity contribution in [3.63, 3.8) is 0 Å². The van der Waals surface area contributed by atoms with E-state index in [4.69, 9.17) is 0 Å². The molecule has 3 heterocycles. The Hall–Kier alpha value is -4.00. The Bertz CT molecular complexity index is 1310. The summed E-state index contributed by atoms with van der Waals surface area (Å²) in [5.41, 5.74) is 3.86. The highest BCUT2D eigenvalue weighted by Gasteiger charge is 2.30. The fourth-order valence-electron chi connectivity index (χ4n) is 4.49. The summed E-state index contributed by atoms with van der Waals surface area (Å²) in [6, 6.07) is 16.3. The number of nitrogens with zero attached hydrogens (tertiary/aromatic N) is 2. The van der Waals surface area contributed by atoms with Crippen LogP contribution >= 0.6 is 0 Å². The van der Waals surface area contributed by atoms with Gasteiger partial charge in [-0.25, -0.2) is 4.98 Å². The summed E-state index contributed by atoms with van der Waals surface area (Å²) >= 11 is 0. The third kappa shape index (κ3) is 4.22. The largest absolute Gasteiger partial charge is 0.332 e. The number of rotatable bonds is 5. The lowest BCUT2D eigenvalue weighted by Crippen LogP contribution is -2.40. The van der Waals surface area contributed by atoms with Gasteiger partial charge in [0.05, 0.1) is 13.1 Å². The fourth-order valence-corrected chi connectivity index (χ4v) is 4.49. The number of ketones is 1. The van der Waals surface area contributed by atoms with Gasteiger partial charge in [0.1, 0.15) is 5.39 Å². The maximum absolute atomic E-state index is 12.9. The summed E-state index contributed by atoms with van der Waals surface area (Å²) < 4.78 is 0. The van der Waals surface area contributed by atoms with Gasteiger partial charge in [-0.2, -0.15) is 0 Å². The fraction of sp³-hybridized carbons (Fsp3) is 0.231. The normalized spacial score (nSPS) is 14.4. The van der Waals surface area contributed by atoms with Crippen molar-refractivity contribution in [1.82, 2.24) is 9.97 Å². The summed E-state index contributed by atoms with van der Waals surface area (Å²) in [6.07, 6.45) is 5.19. The molecule has 0 saturated carbocycles. The van der Waals surface area contributed by atoms with E-state index in [1.165, 1.54) is 0 Å². The van der Waals surface area contributed by atoms with Crippen molar-refractivity contribution >= 4 is 34.2 Å². The van der Waals surface area contributed by atoms with Crippen LogP contribution in [0.2, 0.25) is 0 Å². The molecule has 0 atom stereocenters. The second-order valence-electron chi connectivity index (χ2n) is 8.47. The first-order valence-electron chi connectivity index (χ1n) is 11.2. The lowest BCUT2D eigenvalue weighted by molar-refractivity contribution is -0.367. The summed E-state index contributed by atoms with van der Waals surface area (Å²) in [5.74, 6) is 0.921. The predicted octanol–water partition coefficient (Wildman–Crippen LogP) is 3.77. The molecule has 1 aliphatic rings. The number of fused-ring (bicyclic) bond motifs is 1. The van der Waals surface area contributed by atoms with Gasteiger partial charge in [0.15, 0.2) is 5.78 Å². The average Bonchev–Trinajstić information content (AvgIpc) is 3.25. The maximum atomic E-state index is 12.9. The van der Waals surface area contributed by atoms with Crippen LogP contribution in [0.4, 0.5) is 11.5 Å². The van der Waals surface area contributed by atoms with Gasteiger partial charge in [-0.3, -0.25) is 14.5 Å². The third-order valence-electron chi connectivity index (χ3n) is 6.30. The number of hydrogen-bond donors (Lipinski definition) is 2. The zero-order valence-corrected chi connectivity index (χ0v) is 18.5. The lowest BCUT2D eigenvalue weighted by atomic mass is 9.95. The molecule has 1 aliphatic heterocycles. The van der Waals surface area contributed by atoms with Gasteiger partial charge in [-0.05, 0) is 37.5 Å². The molecule has 33 heavy (non-hydrogen) atoms.